The fourth-order valence-electron chi connectivity index (χ4n) is 4.36. The molecule has 2 N–H and O–H groups in total. The number of hydrogen-bond donors (Lipinski definition) is 2. The highest BCUT2D eigenvalue weighted by atomic mass is 35.5. The van der Waals surface area contributed by atoms with Crippen molar-refractivity contribution in [2.45, 2.75) is 19.3 Å². The van der Waals surface area contributed by atoms with Gasteiger partial charge in [0.05, 0.1) is 22.6 Å². The van der Waals surface area contributed by atoms with Crippen molar-refractivity contribution in [2.75, 3.05) is 5.32 Å². The summed E-state index contributed by atoms with van der Waals surface area (Å²) in [6.07, 6.45) is 2.66. The number of rotatable bonds is 4. The van der Waals surface area contributed by atoms with Gasteiger partial charge in [0, 0.05) is 16.0 Å². The molecule has 2 saturated carbocycles. The first kappa shape index (κ1) is 17.8. The number of aromatic nitrogens is 1. The molecule has 2 bridgehead atoms. The minimum Gasteiger partial charge on any atom is -0.481 e. The van der Waals surface area contributed by atoms with Gasteiger partial charge in [0.1, 0.15) is 0 Å². The fourth-order valence-corrected chi connectivity index (χ4v) is 5.58. The van der Waals surface area contributed by atoms with Gasteiger partial charge in [-0.25, -0.2) is 4.98 Å². The minimum atomic E-state index is -0.870. The van der Waals surface area contributed by atoms with E-state index in [4.69, 9.17) is 23.2 Å². The Bertz CT molecular complexity index is 885. The molecule has 2 aliphatic rings. The summed E-state index contributed by atoms with van der Waals surface area (Å²) in [5.41, 5.74) is 1.38. The van der Waals surface area contributed by atoms with E-state index in [1.54, 1.807) is 23.6 Å². The number of carboxylic acid groups (broad SMARTS) is 1. The molecule has 1 heterocycles. The van der Waals surface area contributed by atoms with Gasteiger partial charge in [-0.05, 0) is 49.3 Å². The van der Waals surface area contributed by atoms with Crippen LogP contribution in [0.3, 0.4) is 0 Å². The lowest BCUT2D eigenvalue weighted by Crippen LogP contribution is -2.37. The van der Waals surface area contributed by atoms with Crippen LogP contribution in [0.1, 0.15) is 19.3 Å². The molecule has 0 radical (unpaired) electrons. The van der Waals surface area contributed by atoms with E-state index in [2.05, 4.69) is 10.3 Å². The molecule has 8 heteroatoms. The number of nitrogens with one attached hydrogen (secondary N) is 1. The maximum atomic E-state index is 12.7. The minimum absolute atomic E-state index is 0.118. The number of carboxylic acids is 1. The van der Waals surface area contributed by atoms with Crippen molar-refractivity contribution in [3.05, 3.63) is 33.6 Å². The number of anilines is 1. The molecule has 0 saturated heterocycles. The zero-order valence-electron chi connectivity index (χ0n) is 13.6. The maximum absolute atomic E-state index is 12.7. The van der Waals surface area contributed by atoms with Crippen LogP contribution >= 0.6 is 34.5 Å². The summed E-state index contributed by atoms with van der Waals surface area (Å²) in [7, 11) is 0. The van der Waals surface area contributed by atoms with Gasteiger partial charge in [-0.1, -0.05) is 23.2 Å². The average molecular weight is 411 g/mol. The van der Waals surface area contributed by atoms with Gasteiger partial charge in [-0.15, -0.1) is 11.3 Å². The monoisotopic (exact) mass is 410 g/mol. The standard InChI is InChI=1S/C18H16Cl2N2O3S/c19-10-3-4-11(12(20)6-10)13-7-26-18(21-13)22-16(23)14-8-1-2-9(5-8)15(14)17(24)25/h3-4,6-9,14-15H,1-2,5H2,(H,24,25)(H,21,22,23)/t8-,9-,14+,15-/m0/s1. The number of carbonyl (C=O) groups is 2. The second-order valence-electron chi connectivity index (χ2n) is 6.87. The predicted molar refractivity (Wildman–Crippen MR) is 102 cm³/mol. The second-order valence-corrected chi connectivity index (χ2v) is 8.58. The van der Waals surface area contributed by atoms with Gasteiger partial charge in [-0.3, -0.25) is 9.59 Å². The molecule has 1 aromatic heterocycles. The molecular formula is C18H16Cl2N2O3S. The van der Waals surface area contributed by atoms with E-state index in [1.165, 1.54) is 11.3 Å². The molecule has 5 nitrogen and oxygen atoms in total. The number of thiazole rings is 1. The van der Waals surface area contributed by atoms with Gasteiger partial charge in [0.15, 0.2) is 5.13 Å². The topological polar surface area (TPSA) is 79.3 Å². The highest BCUT2D eigenvalue weighted by molar-refractivity contribution is 7.14. The third-order valence-electron chi connectivity index (χ3n) is 5.45. The van der Waals surface area contributed by atoms with Crippen molar-refractivity contribution in [3.63, 3.8) is 0 Å². The number of fused-ring (bicyclic) bond motifs is 2. The quantitative estimate of drug-likeness (QED) is 0.758. The number of halogens is 2. The number of hydrogen-bond acceptors (Lipinski definition) is 4. The van der Waals surface area contributed by atoms with E-state index in [0.29, 0.717) is 20.9 Å². The third kappa shape index (κ3) is 3.10. The normalized spacial score (nSPS) is 26.8. The molecular weight excluding hydrogens is 395 g/mol. The first-order valence-electron chi connectivity index (χ1n) is 8.38. The SMILES string of the molecule is O=C(Nc1nc(-c2ccc(Cl)cc2Cl)cs1)[C@@H]1[C@H]2CC[C@@H](C2)[C@@H]1C(=O)O. The number of benzene rings is 1. The van der Waals surface area contributed by atoms with Gasteiger partial charge >= 0.3 is 5.97 Å². The van der Waals surface area contributed by atoms with E-state index >= 15 is 0 Å². The van der Waals surface area contributed by atoms with Crippen LogP contribution in [0.2, 0.25) is 10.0 Å². The van der Waals surface area contributed by atoms with E-state index in [0.717, 1.165) is 24.8 Å². The van der Waals surface area contributed by atoms with Gasteiger partial charge in [0.2, 0.25) is 5.91 Å². The van der Waals surface area contributed by atoms with Crippen LogP contribution in [0.25, 0.3) is 11.3 Å². The summed E-state index contributed by atoms with van der Waals surface area (Å²) >= 11 is 13.4. The first-order chi connectivity index (χ1) is 12.4. The van der Waals surface area contributed by atoms with Crippen LogP contribution in [0.5, 0.6) is 0 Å². The van der Waals surface area contributed by atoms with Crippen LogP contribution in [-0.4, -0.2) is 22.0 Å². The molecule has 0 aliphatic heterocycles. The Morgan fingerprint density at radius 2 is 1.92 bits per heavy atom. The third-order valence-corrected chi connectivity index (χ3v) is 6.75. The Kier molecular flexibility index (Phi) is 4.67. The van der Waals surface area contributed by atoms with Crippen LogP contribution in [0.4, 0.5) is 5.13 Å². The summed E-state index contributed by atoms with van der Waals surface area (Å²) in [4.78, 5) is 28.7. The molecule has 0 spiro atoms. The molecule has 1 aromatic carbocycles. The molecule has 1 amide bonds. The zero-order valence-corrected chi connectivity index (χ0v) is 15.9. The van der Waals surface area contributed by atoms with E-state index in [1.807, 2.05) is 0 Å². The van der Waals surface area contributed by atoms with Crippen LogP contribution < -0.4 is 5.32 Å². The van der Waals surface area contributed by atoms with Crippen molar-refractivity contribution >= 4 is 51.5 Å². The molecule has 0 unspecified atom stereocenters. The Morgan fingerprint density at radius 3 is 2.62 bits per heavy atom. The Hall–Kier alpha value is -1.63. The van der Waals surface area contributed by atoms with Crippen molar-refractivity contribution in [3.8, 4) is 11.3 Å². The van der Waals surface area contributed by atoms with E-state index in [9.17, 15) is 14.7 Å². The summed E-state index contributed by atoms with van der Waals surface area (Å²) in [5.74, 6) is -1.89. The van der Waals surface area contributed by atoms with Gasteiger partial charge in [0.25, 0.3) is 0 Å². The van der Waals surface area contributed by atoms with E-state index in [-0.39, 0.29) is 17.7 Å². The van der Waals surface area contributed by atoms with Crippen molar-refractivity contribution in [2.24, 2.45) is 23.7 Å². The summed E-state index contributed by atoms with van der Waals surface area (Å²) in [5, 5.41) is 15.6. The molecule has 2 aliphatic carbocycles. The molecule has 2 fully saturated rings. The number of aliphatic carboxylic acids is 1. The lowest BCUT2D eigenvalue weighted by molar-refractivity contribution is -0.148. The van der Waals surface area contributed by atoms with Crippen molar-refractivity contribution in [1.29, 1.82) is 0 Å². The lowest BCUT2D eigenvalue weighted by atomic mass is 9.79. The number of carbonyl (C=O) groups excluding carboxylic acids is 1. The smallest absolute Gasteiger partial charge is 0.307 e. The molecule has 4 rings (SSSR count). The summed E-state index contributed by atoms with van der Waals surface area (Å²) in [6, 6.07) is 5.15. The Morgan fingerprint density at radius 1 is 1.19 bits per heavy atom. The van der Waals surface area contributed by atoms with Gasteiger partial charge < -0.3 is 10.4 Å². The second kappa shape index (κ2) is 6.83. The largest absolute Gasteiger partial charge is 0.481 e. The predicted octanol–water partition coefficient (Wildman–Crippen LogP) is 4.80. The molecule has 136 valence electrons. The maximum Gasteiger partial charge on any atom is 0.307 e. The summed E-state index contributed by atoms with van der Waals surface area (Å²) < 4.78 is 0. The van der Waals surface area contributed by atoms with Crippen LogP contribution in [-0.2, 0) is 9.59 Å². The van der Waals surface area contributed by atoms with Crippen LogP contribution in [0, 0.1) is 23.7 Å². The molecule has 2 aromatic rings. The number of amides is 1. The fraction of sp³-hybridized carbons (Fsp3) is 0.389. The van der Waals surface area contributed by atoms with Crippen molar-refractivity contribution in [1.82, 2.24) is 4.98 Å². The highest BCUT2D eigenvalue weighted by Gasteiger charge is 2.54. The Labute approximate surface area is 164 Å². The number of nitrogens with zero attached hydrogens (tertiary/aromatic N) is 1. The molecule has 4 atom stereocenters. The highest BCUT2D eigenvalue weighted by Crippen LogP contribution is 2.52. The first-order valence-corrected chi connectivity index (χ1v) is 10.0. The van der Waals surface area contributed by atoms with Crippen LogP contribution in [0.15, 0.2) is 23.6 Å². The van der Waals surface area contributed by atoms with Crippen molar-refractivity contribution < 1.29 is 14.7 Å². The average Bonchev–Trinajstić information content (AvgIpc) is 3.29. The Balaban J connectivity index is 1.52. The zero-order chi connectivity index (χ0) is 18.4. The summed E-state index contributed by atoms with van der Waals surface area (Å²) in [6.45, 7) is 0. The van der Waals surface area contributed by atoms with E-state index < -0.39 is 17.8 Å². The lowest BCUT2D eigenvalue weighted by Gasteiger charge is -2.26. The molecule has 26 heavy (non-hydrogen) atoms. The van der Waals surface area contributed by atoms with Gasteiger partial charge in [-0.2, -0.15) is 0 Å².